The van der Waals surface area contributed by atoms with Gasteiger partial charge in [0.05, 0.1) is 5.69 Å². The average molecular weight is 400 g/mol. The molecule has 0 aromatic heterocycles. The van der Waals surface area contributed by atoms with Gasteiger partial charge >= 0.3 is 0 Å². The molecule has 1 aliphatic heterocycles. The maximum Gasteiger partial charge on any atom is 0.242 e. The lowest BCUT2D eigenvalue weighted by Crippen LogP contribution is -2.35. The molecule has 1 aliphatic carbocycles. The molecule has 138 valence electrons. The van der Waals surface area contributed by atoms with Crippen LogP contribution in [0.4, 0.5) is 11.4 Å². The number of rotatable bonds is 5. The van der Waals surface area contributed by atoms with E-state index in [1.807, 2.05) is 30.3 Å². The third-order valence-corrected chi connectivity index (χ3v) is 5.73. The molecule has 4 rings (SSSR count). The maximum atomic E-state index is 12.9. The number of nitrogens with zero attached hydrogens (tertiary/aromatic N) is 2. The first-order valence-electron chi connectivity index (χ1n) is 8.79. The Labute approximate surface area is 166 Å². The van der Waals surface area contributed by atoms with E-state index >= 15 is 0 Å². The summed E-state index contributed by atoms with van der Waals surface area (Å²) in [7, 11) is 0. The summed E-state index contributed by atoms with van der Waals surface area (Å²) >= 11 is 7.32. The molecular formula is C20H18ClN3O2S. The Morgan fingerprint density at radius 1 is 1.19 bits per heavy atom. The minimum absolute atomic E-state index is 0.0292. The number of amidine groups is 1. The number of thioether (sulfide) groups is 1. The second kappa shape index (κ2) is 7.74. The Morgan fingerprint density at radius 2 is 1.96 bits per heavy atom. The van der Waals surface area contributed by atoms with Crippen molar-refractivity contribution in [3.05, 3.63) is 59.6 Å². The number of benzene rings is 2. The largest absolute Gasteiger partial charge is 0.326 e. The lowest BCUT2D eigenvalue weighted by Gasteiger charge is -2.15. The summed E-state index contributed by atoms with van der Waals surface area (Å²) in [6.07, 6.45) is 2.08. The predicted octanol–water partition coefficient (Wildman–Crippen LogP) is 4.46. The number of carbonyl (C=O) groups is 2. The summed E-state index contributed by atoms with van der Waals surface area (Å²) in [5, 5.41) is 3.60. The number of carbonyl (C=O) groups excluding carboxylic acids is 2. The van der Waals surface area contributed by atoms with Crippen molar-refractivity contribution in [3.63, 3.8) is 0 Å². The third-order valence-electron chi connectivity index (χ3n) is 4.34. The molecule has 0 spiro atoms. The van der Waals surface area contributed by atoms with Crippen LogP contribution in [0, 0.1) is 0 Å². The van der Waals surface area contributed by atoms with E-state index in [-0.39, 0.29) is 24.3 Å². The van der Waals surface area contributed by atoms with Gasteiger partial charge in [0, 0.05) is 23.2 Å². The molecule has 1 N–H and O–H groups in total. The Bertz CT molecular complexity index is 899. The number of halogens is 1. The van der Waals surface area contributed by atoms with Crippen LogP contribution in [-0.4, -0.2) is 33.2 Å². The molecule has 7 heteroatoms. The van der Waals surface area contributed by atoms with Crippen LogP contribution in [-0.2, 0) is 9.59 Å². The fourth-order valence-electron chi connectivity index (χ4n) is 2.92. The topological polar surface area (TPSA) is 61.8 Å². The summed E-state index contributed by atoms with van der Waals surface area (Å²) in [5.41, 5.74) is 1.43. The highest BCUT2D eigenvalue weighted by Gasteiger charge is 2.46. The monoisotopic (exact) mass is 399 g/mol. The van der Waals surface area contributed by atoms with Crippen molar-refractivity contribution in [2.75, 3.05) is 5.32 Å². The van der Waals surface area contributed by atoms with Crippen LogP contribution in [0.2, 0.25) is 5.02 Å². The molecule has 0 bridgehead atoms. The standard InChI is InChI=1S/C20H18ClN3O2S/c21-13-5-4-8-15(11-13)22-18(25)12-17-19(26)24(16-9-10-16)20(27-17)23-14-6-2-1-3-7-14/h1-8,11,16-17H,9-10,12H2,(H,22,25). The highest BCUT2D eigenvalue weighted by molar-refractivity contribution is 8.15. The molecule has 1 atom stereocenters. The van der Waals surface area contributed by atoms with Crippen molar-refractivity contribution in [3.8, 4) is 0 Å². The smallest absolute Gasteiger partial charge is 0.242 e. The van der Waals surface area contributed by atoms with Crippen molar-refractivity contribution >= 4 is 51.7 Å². The Balaban J connectivity index is 1.47. The Hall–Kier alpha value is -2.31. The van der Waals surface area contributed by atoms with Gasteiger partial charge in [0.15, 0.2) is 5.17 Å². The minimum atomic E-state index is -0.452. The van der Waals surface area contributed by atoms with Crippen LogP contribution in [0.1, 0.15) is 19.3 Å². The average Bonchev–Trinajstić information content (AvgIpc) is 3.42. The zero-order valence-corrected chi connectivity index (χ0v) is 16.0. The lowest BCUT2D eigenvalue weighted by molar-refractivity contribution is -0.128. The molecule has 27 heavy (non-hydrogen) atoms. The summed E-state index contributed by atoms with van der Waals surface area (Å²) in [5.74, 6) is -0.238. The van der Waals surface area contributed by atoms with Crippen LogP contribution < -0.4 is 5.32 Å². The molecule has 2 aliphatic rings. The van der Waals surface area contributed by atoms with Crippen LogP contribution in [0.15, 0.2) is 59.6 Å². The number of aliphatic imine (C=N–C) groups is 1. The zero-order valence-electron chi connectivity index (χ0n) is 14.5. The lowest BCUT2D eigenvalue weighted by atomic mass is 10.2. The number of anilines is 1. The van der Waals surface area contributed by atoms with Crippen LogP contribution in [0.3, 0.4) is 0 Å². The molecule has 2 amide bonds. The SMILES string of the molecule is O=C(CC1SC(=Nc2ccccc2)N(C2CC2)C1=O)Nc1cccc(Cl)c1. The first kappa shape index (κ1) is 18.1. The van der Waals surface area contributed by atoms with Gasteiger partial charge in [-0.05, 0) is 43.2 Å². The van der Waals surface area contributed by atoms with Crippen LogP contribution in [0.25, 0.3) is 0 Å². The van der Waals surface area contributed by atoms with E-state index in [1.54, 1.807) is 29.2 Å². The van der Waals surface area contributed by atoms with E-state index < -0.39 is 5.25 Å². The van der Waals surface area contributed by atoms with Crippen molar-refractivity contribution in [1.29, 1.82) is 0 Å². The van der Waals surface area contributed by atoms with Gasteiger partial charge in [-0.2, -0.15) is 0 Å². The van der Waals surface area contributed by atoms with E-state index in [2.05, 4.69) is 10.3 Å². The second-order valence-corrected chi connectivity index (χ2v) is 8.14. The minimum Gasteiger partial charge on any atom is -0.326 e. The van der Waals surface area contributed by atoms with Gasteiger partial charge in [0.25, 0.3) is 0 Å². The Kier molecular flexibility index (Phi) is 5.18. The summed E-state index contributed by atoms with van der Waals surface area (Å²) < 4.78 is 0. The first-order valence-corrected chi connectivity index (χ1v) is 10.0. The van der Waals surface area contributed by atoms with Gasteiger partial charge in [-0.3, -0.25) is 14.5 Å². The van der Waals surface area contributed by atoms with E-state index in [0.717, 1.165) is 18.5 Å². The van der Waals surface area contributed by atoms with E-state index in [9.17, 15) is 9.59 Å². The summed E-state index contributed by atoms with van der Waals surface area (Å²) in [6, 6.07) is 16.8. The van der Waals surface area contributed by atoms with Gasteiger partial charge in [0.2, 0.25) is 11.8 Å². The normalized spacial score (nSPS) is 20.9. The quantitative estimate of drug-likeness (QED) is 0.807. The first-order chi connectivity index (χ1) is 13.1. The molecule has 1 heterocycles. The van der Waals surface area contributed by atoms with Crippen molar-refractivity contribution < 1.29 is 9.59 Å². The number of para-hydroxylation sites is 1. The predicted molar refractivity (Wildman–Crippen MR) is 109 cm³/mol. The number of amides is 2. The van der Waals surface area contributed by atoms with E-state index in [1.165, 1.54) is 11.8 Å². The van der Waals surface area contributed by atoms with Crippen molar-refractivity contribution in [2.45, 2.75) is 30.6 Å². The van der Waals surface area contributed by atoms with Gasteiger partial charge < -0.3 is 5.32 Å². The molecule has 1 saturated carbocycles. The summed E-state index contributed by atoms with van der Waals surface area (Å²) in [6.45, 7) is 0. The van der Waals surface area contributed by atoms with Gasteiger partial charge in [-0.25, -0.2) is 4.99 Å². The highest BCUT2D eigenvalue weighted by Crippen LogP contribution is 2.39. The zero-order chi connectivity index (χ0) is 18.8. The summed E-state index contributed by atoms with van der Waals surface area (Å²) in [4.78, 5) is 31.7. The van der Waals surface area contributed by atoms with Crippen molar-refractivity contribution in [1.82, 2.24) is 4.90 Å². The van der Waals surface area contributed by atoms with Gasteiger partial charge in [-0.15, -0.1) is 0 Å². The molecule has 1 saturated heterocycles. The molecule has 2 aromatic carbocycles. The molecule has 1 unspecified atom stereocenters. The van der Waals surface area contributed by atoms with Crippen LogP contribution >= 0.6 is 23.4 Å². The molecule has 5 nitrogen and oxygen atoms in total. The fraction of sp³-hybridized carbons (Fsp3) is 0.250. The second-order valence-electron chi connectivity index (χ2n) is 6.54. The van der Waals surface area contributed by atoms with E-state index in [4.69, 9.17) is 11.6 Å². The van der Waals surface area contributed by atoms with E-state index in [0.29, 0.717) is 15.9 Å². The molecule has 2 aromatic rings. The Morgan fingerprint density at radius 3 is 2.67 bits per heavy atom. The van der Waals surface area contributed by atoms with Crippen LogP contribution in [0.5, 0.6) is 0 Å². The number of hydrogen-bond acceptors (Lipinski definition) is 4. The molecule has 0 radical (unpaired) electrons. The third kappa shape index (κ3) is 4.34. The molecule has 2 fully saturated rings. The maximum absolute atomic E-state index is 12.9. The fourth-order valence-corrected chi connectivity index (χ4v) is 4.33. The highest BCUT2D eigenvalue weighted by atomic mass is 35.5. The number of nitrogens with one attached hydrogen (secondary N) is 1. The van der Waals surface area contributed by atoms with Gasteiger partial charge in [0.1, 0.15) is 5.25 Å². The molecular weight excluding hydrogens is 382 g/mol. The number of hydrogen-bond donors (Lipinski definition) is 1. The van der Waals surface area contributed by atoms with Crippen molar-refractivity contribution in [2.24, 2.45) is 4.99 Å². The van der Waals surface area contributed by atoms with Gasteiger partial charge in [-0.1, -0.05) is 47.6 Å².